The number of hydrogen-bond donors (Lipinski definition) is 0. The summed E-state index contributed by atoms with van der Waals surface area (Å²) in [7, 11) is 2.91. The molecule has 20 heavy (non-hydrogen) atoms. The van der Waals surface area contributed by atoms with Crippen LogP contribution in [0.4, 0.5) is 4.39 Å². The van der Waals surface area contributed by atoms with Crippen LogP contribution in [0.2, 0.25) is 5.02 Å². The van der Waals surface area contributed by atoms with Crippen LogP contribution in [0.3, 0.4) is 0 Å². The van der Waals surface area contributed by atoms with Gasteiger partial charge in [0.05, 0.1) is 24.8 Å². The number of hydrogen-bond acceptors (Lipinski definition) is 3. The maximum absolute atomic E-state index is 13.7. The largest absolute Gasteiger partial charge is 0.493 e. The zero-order valence-electron chi connectivity index (χ0n) is 10.9. The van der Waals surface area contributed by atoms with E-state index in [4.69, 9.17) is 21.1 Å². The Morgan fingerprint density at radius 3 is 2.25 bits per heavy atom. The van der Waals surface area contributed by atoms with Crippen LogP contribution < -0.4 is 9.47 Å². The van der Waals surface area contributed by atoms with Gasteiger partial charge in [-0.1, -0.05) is 23.7 Å². The first-order chi connectivity index (χ1) is 9.58. The summed E-state index contributed by atoms with van der Waals surface area (Å²) in [4.78, 5) is 12.3. The Morgan fingerprint density at radius 1 is 1.05 bits per heavy atom. The average Bonchev–Trinajstić information content (AvgIpc) is 2.46. The molecule has 0 N–H and O–H groups in total. The smallest absolute Gasteiger partial charge is 0.197 e. The molecule has 0 aliphatic heterocycles. The molecule has 0 spiro atoms. The van der Waals surface area contributed by atoms with Gasteiger partial charge in [0, 0.05) is 11.6 Å². The Balaban J connectivity index is 2.53. The van der Waals surface area contributed by atoms with Gasteiger partial charge in [0.2, 0.25) is 0 Å². The van der Waals surface area contributed by atoms with Gasteiger partial charge in [0.15, 0.2) is 17.3 Å². The lowest BCUT2D eigenvalue weighted by Gasteiger charge is -2.11. The van der Waals surface area contributed by atoms with Crippen LogP contribution in [0.1, 0.15) is 15.9 Å². The summed E-state index contributed by atoms with van der Waals surface area (Å²) < 4.78 is 23.9. The van der Waals surface area contributed by atoms with Gasteiger partial charge in [-0.05, 0) is 18.2 Å². The molecular weight excluding hydrogens is 283 g/mol. The Labute approximate surface area is 120 Å². The predicted octanol–water partition coefficient (Wildman–Crippen LogP) is 3.73. The van der Waals surface area contributed by atoms with Crippen LogP contribution in [-0.4, -0.2) is 20.0 Å². The third kappa shape index (κ3) is 2.60. The fraction of sp³-hybridized carbons (Fsp3) is 0.133. The third-order valence-corrected chi connectivity index (χ3v) is 3.15. The predicted molar refractivity (Wildman–Crippen MR) is 74.4 cm³/mol. The molecule has 0 fully saturated rings. The summed E-state index contributed by atoms with van der Waals surface area (Å²) in [5.41, 5.74) is 0.121. The van der Waals surface area contributed by atoms with E-state index < -0.39 is 11.6 Å². The summed E-state index contributed by atoms with van der Waals surface area (Å²) >= 11 is 6.06. The van der Waals surface area contributed by atoms with Gasteiger partial charge in [-0.15, -0.1) is 0 Å². The van der Waals surface area contributed by atoms with E-state index in [1.165, 1.54) is 44.6 Å². The van der Waals surface area contributed by atoms with Crippen molar-refractivity contribution >= 4 is 17.4 Å². The zero-order chi connectivity index (χ0) is 14.7. The maximum Gasteiger partial charge on any atom is 0.197 e. The lowest BCUT2D eigenvalue weighted by Crippen LogP contribution is -2.06. The molecule has 104 valence electrons. The molecule has 2 rings (SSSR count). The summed E-state index contributed by atoms with van der Waals surface area (Å²) in [6.07, 6.45) is 0. The molecule has 0 bridgehead atoms. The van der Waals surface area contributed by atoms with Crippen LogP contribution in [0.5, 0.6) is 11.5 Å². The minimum atomic E-state index is -0.594. The van der Waals surface area contributed by atoms with E-state index in [1.54, 1.807) is 6.07 Å². The SMILES string of the molecule is COc1cc(Cl)c(C(=O)c2ccccc2F)cc1OC. The quantitative estimate of drug-likeness (QED) is 0.806. The van der Waals surface area contributed by atoms with Crippen LogP contribution in [0, 0.1) is 5.82 Å². The molecule has 0 aromatic heterocycles. The van der Waals surface area contributed by atoms with Gasteiger partial charge in [-0.3, -0.25) is 4.79 Å². The number of ketones is 1. The van der Waals surface area contributed by atoms with Gasteiger partial charge in [-0.2, -0.15) is 0 Å². The fourth-order valence-electron chi connectivity index (χ4n) is 1.82. The van der Waals surface area contributed by atoms with E-state index in [9.17, 15) is 9.18 Å². The number of halogens is 2. The molecule has 0 radical (unpaired) electrons. The van der Waals surface area contributed by atoms with Crippen molar-refractivity contribution in [2.45, 2.75) is 0 Å². The Kier molecular flexibility index (Phi) is 4.25. The topological polar surface area (TPSA) is 35.5 Å². The van der Waals surface area contributed by atoms with Gasteiger partial charge in [0.25, 0.3) is 0 Å². The lowest BCUT2D eigenvalue weighted by atomic mass is 10.0. The second-order valence-electron chi connectivity index (χ2n) is 4.00. The summed E-state index contributed by atoms with van der Waals surface area (Å²) in [5, 5.41) is 0.177. The standard InChI is InChI=1S/C15H12ClFO3/c1-19-13-7-10(11(16)8-14(13)20-2)15(18)9-5-3-4-6-12(9)17/h3-8H,1-2H3. The minimum absolute atomic E-state index is 0.0402. The van der Waals surface area contributed by atoms with E-state index in [1.807, 2.05) is 0 Å². The number of benzene rings is 2. The molecule has 0 heterocycles. The molecule has 0 atom stereocenters. The Hall–Kier alpha value is -2.07. The number of carbonyl (C=O) groups is 1. The molecule has 0 saturated carbocycles. The number of rotatable bonds is 4. The van der Waals surface area contributed by atoms with Gasteiger partial charge in [0.1, 0.15) is 5.82 Å². The average molecular weight is 295 g/mol. The second kappa shape index (κ2) is 5.92. The molecule has 5 heteroatoms. The van der Waals surface area contributed by atoms with Crippen molar-refractivity contribution in [3.8, 4) is 11.5 Å². The van der Waals surface area contributed by atoms with Crippen molar-refractivity contribution < 1.29 is 18.7 Å². The maximum atomic E-state index is 13.7. The Bertz CT molecular complexity index is 656. The van der Waals surface area contributed by atoms with Gasteiger partial charge in [-0.25, -0.2) is 4.39 Å². The van der Waals surface area contributed by atoms with E-state index in [2.05, 4.69) is 0 Å². The number of ether oxygens (including phenoxy) is 2. The van der Waals surface area contributed by atoms with Crippen LogP contribution in [0.25, 0.3) is 0 Å². The molecule has 0 saturated heterocycles. The van der Waals surface area contributed by atoms with E-state index >= 15 is 0 Å². The summed E-state index contributed by atoms with van der Waals surface area (Å²) in [6.45, 7) is 0. The van der Waals surface area contributed by atoms with E-state index in [0.717, 1.165) is 0 Å². The van der Waals surface area contributed by atoms with Crippen molar-refractivity contribution in [1.29, 1.82) is 0 Å². The molecule has 0 unspecified atom stereocenters. The number of methoxy groups -OCH3 is 2. The lowest BCUT2D eigenvalue weighted by molar-refractivity contribution is 0.103. The van der Waals surface area contributed by atoms with Crippen LogP contribution in [0.15, 0.2) is 36.4 Å². The minimum Gasteiger partial charge on any atom is -0.493 e. The van der Waals surface area contributed by atoms with Crippen molar-refractivity contribution in [2.75, 3.05) is 14.2 Å². The highest BCUT2D eigenvalue weighted by Crippen LogP contribution is 2.34. The number of carbonyl (C=O) groups excluding carboxylic acids is 1. The Morgan fingerprint density at radius 2 is 1.65 bits per heavy atom. The molecule has 2 aromatic carbocycles. The van der Waals surface area contributed by atoms with E-state index in [0.29, 0.717) is 11.5 Å². The molecule has 0 aliphatic rings. The molecule has 2 aromatic rings. The first-order valence-electron chi connectivity index (χ1n) is 5.79. The summed E-state index contributed by atoms with van der Waals surface area (Å²) in [5.74, 6) is -0.337. The monoisotopic (exact) mass is 294 g/mol. The van der Waals surface area contributed by atoms with Crippen molar-refractivity contribution in [2.24, 2.45) is 0 Å². The highest BCUT2D eigenvalue weighted by atomic mass is 35.5. The highest BCUT2D eigenvalue weighted by molar-refractivity contribution is 6.35. The van der Waals surface area contributed by atoms with Crippen molar-refractivity contribution in [1.82, 2.24) is 0 Å². The molecule has 3 nitrogen and oxygen atoms in total. The highest BCUT2D eigenvalue weighted by Gasteiger charge is 2.19. The van der Waals surface area contributed by atoms with Gasteiger partial charge >= 0.3 is 0 Å². The first kappa shape index (κ1) is 14.3. The van der Waals surface area contributed by atoms with E-state index in [-0.39, 0.29) is 16.1 Å². The van der Waals surface area contributed by atoms with Crippen LogP contribution >= 0.6 is 11.6 Å². The third-order valence-electron chi connectivity index (χ3n) is 2.84. The molecule has 0 aliphatic carbocycles. The molecule has 0 amide bonds. The second-order valence-corrected chi connectivity index (χ2v) is 4.40. The van der Waals surface area contributed by atoms with Crippen molar-refractivity contribution in [3.63, 3.8) is 0 Å². The van der Waals surface area contributed by atoms with Crippen molar-refractivity contribution in [3.05, 3.63) is 58.4 Å². The molecular formula is C15H12ClFO3. The summed E-state index contributed by atoms with van der Waals surface area (Å²) in [6, 6.07) is 8.64. The van der Waals surface area contributed by atoms with Crippen LogP contribution in [-0.2, 0) is 0 Å². The zero-order valence-corrected chi connectivity index (χ0v) is 11.7. The first-order valence-corrected chi connectivity index (χ1v) is 6.17. The fourth-order valence-corrected chi connectivity index (χ4v) is 2.06. The normalized spacial score (nSPS) is 10.2. The van der Waals surface area contributed by atoms with Gasteiger partial charge < -0.3 is 9.47 Å².